The van der Waals surface area contributed by atoms with Gasteiger partial charge in [0.1, 0.15) is 0 Å². The molecular formula is C12H23N. The van der Waals surface area contributed by atoms with Crippen molar-refractivity contribution in [2.75, 3.05) is 13.1 Å². The molecule has 1 nitrogen and oxygen atoms in total. The van der Waals surface area contributed by atoms with E-state index in [4.69, 9.17) is 0 Å². The molecule has 0 aromatic rings. The van der Waals surface area contributed by atoms with Gasteiger partial charge in [0.05, 0.1) is 0 Å². The second-order valence-corrected chi connectivity index (χ2v) is 4.66. The molecule has 0 radical (unpaired) electrons. The van der Waals surface area contributed by atoms with Crippen molar-refractivity contribution in [3.05, 3.63) is 11.6 Å². The zero-order valence-electron chi connectivity index (χ0n) is 9.32. The third-order valence-corrected chi connectivity index (χ3v) is 2.89. The van der Waals surface area contributed by atoms with Crippen LogP contribution in [0.15, 0.2) is 11.6 Å². The summed E-state index contributed by atoms with van der Waals surface area (Å²) in [6, 6.07) is 0. The standard InChI is InChI=1S/C12H23N/c1-4-6-12(7-8-12)10-13-9-5-11(2)3/h5,13H,4,6-10H2,1-3H3. The van der Waals surface area contributed by atoms with E-state index in [1.165, 1.54) is 37.8 Å². The van der Waals surface area contributed by atoms with Gasteiger partial charge >= 0.3 is 0 Å². The maximum atomic E-state index is 3.53. The summed E-state index contributed by atoms with van der Waals surface area (Å²) in [5, 5.41) is 3.53. The highest BCUT2D eigenvalue weighted by Gasteiger charge is 2.40. The van der Waals surface area contributed by atoms with Crippen molar-refractivity contribution in [3.8, 4) is 0 Å². The fraction of sp³-hybridized carbons (Fsp3) is 0.833. The third-order valence-electron chi connectivity index (χ3n) is 2.89. The lowest BCUT2D eigenvalue weighted by Crippen LogP contribution is -2.24. The molecule has 0 spiro atoms. The Bertz CT molecular complexity index is 174. The molecule has 0 heterocycles. The first kappa shape index (κ1) is 10.8. The Morgan fingerprint density at radius 1 is 1.38 bits per heavy atom. The number of hydrogen-bond acceptors (Lipinski definition) is 1. The van der Waals surface area contributed by atoms with Crippen molar-refractivity contribution in [2.45, 2.75) is 46.5 Å². The average molecular weight is 181 g/mol. The summed E-state index contributed by atoms with van der Waals surface area (Å²) in [6.07, 6.45) is 7.91. The average Bonchev–Trinajstić information content (AvgIpc) is 2.80. The Kier molecular flexibility index (Phi) is 3.98. The molecule has 1 heteroatoms. The van der Waals surface area contributed by atoms with Crippen LogP contribution in [0.1, 0.15) is 46.5 Å². The topological polar surface area (TPSA) is 12.0 Å². The smallest absolute Gasteiger partial charge is 0.0137 e. The first-order valence-electron chi connectivity index (χ1n) is 5.53. The van der Waals surface area contributed by atoms with Crippen LogP contribution in [0.25, 0.3) is 0 Å². The van der Waals surface area contributed by atoms with Crippen molar-refractivity contribution >= 4 is 0 Å². The summed E-state index contributed by atoms with van der Waals surface area (Å²) in [4.78, 5) is 0. The van der Waals surface area contributed by atoms with Crippen LogP contribution in [-0.2, 0) is 0 Å². The molecule has 1 fully saturated rings. The molecule has 1 N–H and O–H groups in total. The highest BCUT2D eigenvalue weighted by molar-refractivity contribution is 4.97. The molecule has 13 heavy (non-hydrogen) atoms. The van der Waals surface area contributed by atoms with Gasteiger partial charge in [-0.15, -0.1) is 0 Å². The molecule has 0 aliphatic heterocycles. The van der Waals surface area contributed by atoms with Gasteiger partial charge in [0.2, 0.25) is 0 Å². The monoisotopic (exact) mass is 181 g/mol. The largest absolute Gasteiger partial charge is 0.313 e. The summed E-state index contributed by atoms with van der Waals surface area (Å²) < 4.78 is 0. The lowest BCUT2D eigenvalue weighted by atomic mass is 10.0. The lowest BCUT2D eigenvalue weighted by molar-refractivity contribution is 0.431. The Hall–Kier alpha value is -0.300. The van der Waals surface area contributed by atoms with Crippen LogP contribution in [0.3, 0.4) is 0 Å². The van der Waals surface area contributed by atoms with Gasteiger partial charge in [-0.25, -0.2) is 0 Å². The second-order valence-electron chi connectivity index (χ2n) is 4.66. The SMILES string of the molecule is CCCC1(CNCC=C(C)C)CC1. The Morgan fingerprint density at radius 2 is 2.08 bits per heavy atom. The molecule has 0 unspecified atom stereocenters. The maximum absolute atomic E-state index is 3.53. The maximum Gasteiger partial charge on any atom is 0.0137 e. The minimum absolute atomic E-state index is 0.699. The van der Waals surface area contributed by atoms with Gasteiger partial charge in [-0.1, -0.05) is 25.0 Å². The third kappa shape index (κ3) is 3.95. The van der Waals surface area contributed by atoms with Gasteiger partial charge in [-0.2, -0.15) is 0 Å². The summed E-state index contributed by atoms with van der Waals surface area (Å²) in [5.41, 5.74) is 2.11. The number of allylic oxidation sites excluding steroid dienone is 1. The summed E-state index contributed by atoms with van der Waals surface area (Å²) in [7, 11) is 0. The quantitative estimate of drug-likeness (QED) is 0.490. The Morgan fingerprint density at radius 3 is 2.54 bits per heavy atom. The fourth-order valence-corrected chi connectivity index (χ4v) is 1.84. The zero-order chi connectivity index (χ0) is 9.73. The molecule has 0 bridgehead atoms. The van der Waals surface area contributed by atoms with Crippen molar-refractivity contribution in [2.24, 2.45) is 5.41 Å². The van der Waals surface area contributed by atoms with E-state index in [2.05, 4.69) is 32.2 Å². The summed E-state index contributed by atoms with van der Waals surface area (Å²) in [5.74, 6) is 0. The van der Waals surface area contributed by atoms with E-state index in [1.807, 2.05) is 0 Å². The Balaban J connectivity index is 2.09. The molecule has 1 aliphatic carbocycles. The van der Waals surface area contributed by atoms with Gasteiger partial charge in [-0.05, 0) is 38.5 Å². The van der Waals surface area contributed by atoms with Gasteiger partial charge in [-0.3, -0.25) is 0 Å². The predicted molar refractivity (Wildman–Crippen MR) is 58.9 cm³/mol. The van der Waals surface area contributed by atoms with E-state index in [1.54, 1.807) is 0 Å². The lowest BCUT2D eigenvalue weighted by Gasteiger charge is -2.13. The van der Waals surface area contributed by atoms with E-state index in [0.29, 0.717) is 5.41 Å². The van der Waals surface area contributed by atoms with Crippen LogP contribution in [0.4, 0.5) is 0 Å². The van der Waals surface area contributed by atoms with Crippen LogP contribution in [0.2, 0.25) is 0 Å². The summed E-state index contributed by atoms with van der Waals surface area (Å²) in [6.45, 7) is 8.87. The van der Waals surface area contributed by atoms with Crippen LogP contribution in [0, 0.1) is 5.41 Å². The molecule has 76 valence electrons. The van der Waals surface area contributed by atoms with Crippen LogP contribution < -0.4 is 5.32 Å². The van der Waals surface area contributed by atoms with E-state index in [0.717, 1.165) is 6.54 Å². The van der Waals surface area contributed by atoms with Crippen LogP contribution in [0.5, 0.6) is 0 Å². The van der Waals surface area contributed by atoms with Crippen molar-refractivity contribution in [1.82, 2.24) is 5.32 Å². The van der Waals surface area contributed by atoms with Gasteiger partial charge in [0, 0.05) is 13.1 Å². The van der Waals surface area contributed by atoms with Crippen LogP contribution >= 0.6 is 0 Å². The minimum atomic E-state index is 0.699. The summed E-state index contributed by atoms with van der Waals surface area (Å²) >= 11 is 0. The number of hydrogen-bond donors (Lipinski definition) is 1. The second kappa shape index (κ2) is 4.80. The molecule has 1 aliphatic rings. The molecule has 1 rings (SSSR count). The molecule has 0 saturated heterocycles. The van der Waals surface area contributed by atoms with E-state index < -0.39 is 0 Å². The van der Waals surface area contributed by atoms with Crippen molar-refractivity contribution in [1.29, 1.82) is 0 Å². The molecule has 0 atom stereocenters. The zero-order valence-corrected chi connectivity index (χ0v) is 9.32. The van der Waals surface area contributed by atoms with Gasteiger partial charge in [0.25, 0.3) is 0 Å². The molecule has 1 saturated carbocycles. The predicted octanol–water partition coefficient (Wildman–Crippen LogP) is 3.12. The minimum Gasteiger partial charge on any atom is -0.313 e. The van der Waals surface area contributed by atoms with Crippen LogP contribution in [-0.4, -0.2) is 13.1 Å². The molecule has 0 aromatic heterocycles. The number of nitrogens with one attached hydrogen (secondary N) is 1. The van der Waals surface area contributed by atoms with E-state index in [-0.39, 0.29) is 0 Å². The highest BCUT2D eigenvalue weighted by atomic mass is 14.9. The highest BCUT2D eigenvalue weighted by Crippen LogP contribution is 2.48. The Labute approximate surface area is 82.6 Å². The fourth-order valence-electron chi connectivity index (χ4n) is 1.84. The number of rotatable bonds is 6. The van der Waals surface area contributed by atoms with Gasteiger partial charge in [0.15, 0.2) is 0 Å². The van der Waals surface area contributed by atoms with Crippen molar-refractivity contribution in [3.63, 3.8) is 0 Å². The molecule has 0 amide bonds. The van der Waals surface area contributed by atoms with Gasteiger partial charge < -0.3 is 5.32 Å². The molecule has 0 aromatic carbocycles. The van der Waals surface area contributed by atoms with E-state index in [9.17, 15) is 0 Å². The first-order valence-corrected chi connectivity index (χ1v) is 5.53. The molecular weight excluding hydrogens is 158 g/mol. The first-order chi connectivity index (χ1) is 6.18. The normalized spacial score (nSPS) is 18.4. The van der Waals surface area contributed by atoms with Crippen molar-refractivity contribution < 1.29 is 0 Å². The van der Waals surface area contributed by atoms with E-state index >= 15 is 0 Å².